The molecule has 0 aromatic rings. The van der Waals surface area contributed by atoms with Crippen LogP contribution in [-0.2, 0) is 4.43 Å². The van der Waals surface area contributed by atoms with Crippen LogP contribution in [-0.4, -0.2) is 14.4 Å². The summed E-state index contributed by atoms with van der Waals surface area (Å²) < 4.78 is 6.92. The van der Waals surface area contributed by atoms with E-state index >= 15 is 0 Å². The first-order valence-electron chi connectivity index (χ1n) is 12.8. The van der Waals surface area contributed by atoms with Crippen LogP contribution in [0.1, 0.15) is 99.3 Å². The Balaban J connectivity index is 1.49. The lowest BCUT2D eigenvalue weighted by atomic mass is 9.45. The Morgan fingerprint density at radius 2 is 1.69 bits per heavy atom. The van der Waals surface area contributed by atoms with E-state index in [-0.39, 0.29) is 0 Å². The molecular weight excluding hydrogens is 368 g/mol. The van der Waals surface area contributed by atoms with Gasteiger partial charge in [-0.15, -0.1) is 0 Å². The fourth-order valence-electron chi connectivity index (χ4n) is 8.24. The minimum Gasteiger partial charge on any atom is -0.414 e. The molecule has 0 N–H and O–H groups in total. The lowest BCUT2D eigenvalue weighted by Crippen LogP contribution is -2.54. The summed E-state index contributed by atoms with van der Waals surface area (Å²) in [5.74, 6) is 3.83. The van der Waals surface area contributed by atoms with E-state index in [1.165, 1.54) is 57.8 Å². The van der Waals surface area contributed by atoms with E-state index in [2.05, 4.69) is 60.7 Å². The highest BCUT2D eigenvalue weighted by atomic mass is 28.4. The molecule has 0 bridgehead atoms. The van der Waals surface area contributed by atoms with Gasteiger partial charge in [0.05, 0.1) is 0 Å². The molecule has 2 unspecified atom stereocenters. The number of hydrogen-bond acceptors (Lipinski definition) is 1. The highest BCUT2D eigenvalue weighted by Crippen LogP contribution is 2.67. The molecule has 4 saturated carbocycles. The van der Waals surface area contributed by atoms with Gasteiger partial charge < -0.3 is 4.43 Å². The number of rotatable bonds is 2. The van der Waals surface area contributed by atoms with Gasteiger partial charge >= 0.3 is 0 Å². The van der Waals surface area contributed by atoms with Crippen LogP contribution in [0.5, 0.6) is 0 Å². The van der Waals surface area contributed by atoms with Crippen molar-refractivity contribution in [3.63, 3.8) is 0 Å². The van der Waals surface area contributed by atoms with Gasteiger partial charge in [0.1, 0.15) is 0 Å². The first-order valence-corrected chi connectivity index (χ1v) is 15.7. The second-order valence-corrected chi connectivity index (χ2v) is 18.0. The molecule has 1 nitrogen and oxygen atoms in total. The monoisotopic (exact) mass is 416 g/mol. The first-order chi connectivity index (χ1) is 13.4. The maximum atomic E-state index is 6.92. The Kier molecular flexibility index (Phi) is 5.51. The molecule has 166 valence electrons. The van der Waals surface area contributed by atoms with Crippen molar-refractivity contribution in [1.29, 1.82) is 0 Å². The summed E-state index contributed by atoms with van der Waals surface area (Å²) in [5.41, 5.74) is 2.90. The van der Waals surface area contributed by atoms with Crippen LogP contribution in [0.25, 0.3) is 0 Å². The Morgan fingerprint density at radius 3 is 2.34 bits per heavy atom. The zero-order valence-electron chi connectivity index (χ0n) is 20.7. The van der Waals surface area contributed by atoms with Crippen molar-refractivity contribution in [2.75, 3.05) is 0 Å². The van der Waals surface area contributed by atoms with Crippen LogP contribution in [0.3, 0.4) is 0 Å². The summed E-state index contributed by atoms with van der Waals surface area (Å²) in [5, 5.41) is 0.326. The molecule has 4 fully saturated rings. The molecule has 7 atom stereocenters. The van der Waals surface area contributed by atoms with E-state index in [0.717, 1.165) is 23.7 Å². The molecule has 4 aliphatic rings. The second-order valence-electron chi connectivity index (χ2n) is 13.2. The van der Waals surface area contributed by atoms with Gasteiger partial charge in [0.25, 0.3) is 0 Å². The molecule has 2 heteroatoms. The van der Waals surface area contributed by atoms with E-state index in [0.29, 0.717) is 22.0 Å². The predicted molar refractivity (Wildman–Crippen MR) is 128 cm³/mol. The maximum absolute atomic E-state index is 6.92. The molecule has 29 heavy (non-hydrogen) atoms. The van der Waals surface area contributed by atoms with E-state index in [9.17, 15) is 0 Å². The summed E-state index contributed by atoms with van der Waals surface area (Å²) in [6, 6.07) is 0. The molecule has 0 saturated heterocycles. The van der Waals surface area contributed by atoms with Gasteiger partial charge in [0, 0.05) is 6.10 Å². The average molecular weight is 417 g/mol. The van der Waals surface area contributed by atoms with Crippen molar-refractivity contribution in [3.8, 4) is 0 Å². The highest BCUT2D eigenvalue weighted by molar-refractivity contribution is 6.74. The van der Waals surface area contributed by atoms with Crippen molar-refractivity contribution < 1.29 is 4.43 Å². The minimum atomic E-state index is -1.65. The van der Waals surface area contributed by atoms with Crippen LogP contribution in [0.15, 0.2) is 11.6 Å². The van der Waals surface area contributed by atoms with Crippen LogP contribution < -0.4 is 0 Å². The molecule has 0 amide bonds. The summed E-state index contributed by atoms with van der Waals surface area (Å²) in [7, 11) is -1.65. The minimum absolute atomic E-state index is 0.326. The summed E-state index contributed by atoms with van der Waals surface area (Å²) in [6.45, 7) is 19.7. The summed E-state index contributed by atoms with van der Waals surface area (Å²) in [4.78, 5) is 0. The molecular formula is C27H48OSi. The Labute approximate surface area is 182 Å². The largest absolute Gasteiger partial charge is 0.414 e. The Morgan fingerprint density at radius 1 is 0.966 bits per heavy atom. The van der Waals surface area contributed by atoms with Crippen molar-refractivity contribution in [2.45, 2.75) is 124 Å². The van der Waals surface area contributed by atoms with Crippen LogP contribution in [0, 0.1) is 34.5 Å². The van der Waals surface area contributed by atoms with Crippen molar-refractivity contribution in [1.82, 2.24) is 0 Å². The number of fused-ring (bicyclic) bond motifs is 5. The van der Waals surface area contributed by atoms with Gasteiger partial charge in [-0.3, -0.25) is 0 Å². The van der Waals surface area contributed by atoms with Crippen LogP contribution >= 0.6 is 0 Å². The third-order valence-corrected chi connectivity index (χ3v) is 15.6. The molecule has 0 aromatic carbocycles. The van der Waals surface area contributed by atoms with E-state index in [1.54, 1.807) is 5.57 Å². The van der Waals surface area contributed by atoms with Gasteiger partial charge in [-0.05, 0) is 117 Å². The molecule has 0 radical (unpaired) electrons. The molecule has 0 aliphatic heterocycles. The normalized spacial score (nSPS) is 46.9. The topological polar surface area (TPSA) is 9.23 Å². The van der Waals surface area contributed by atoms with Gasteiger partial charge in [-0.1, -0.05) is 46.3 Å². The predicted octanol–water partition coefficient (Wildman–Crippen LogP) is 8.37. The van der Waals surface area contributed by atoms with Gasteiger partial charge in [0.2, 0.25) is 0 Å². The lowest BCUT2D eigenvalue weighted by molar-refractivity contribution is -0.114. The van der Waals surface area contributed by atoms with Gasteiger partial charge in [0.15, 0.2) is 8.32 Å². The molecule has 0 heterocycles. The third kappa shape index (κ3) is 3.43. The van der Waals surface area contributed by atoms with Crippen molar-refractivity contribution in [3.05, 3.63) is 11.6 Å². The van der Waals surface area contributed by atoms with Gasteiger partial charge in [-0.25, -0.2) is 0 Å². The smallest absolute Gasteiger partial charge is 0.192 e. The van der Waals surface area contributed by atoms with Crippen LogP contribution in [0.4, 0.5) is 0 Å². The van der Waals surface area contributed by atoms with Crippen LogP contribution in [0.2, 0.25) is 18.1 Å². The zero-order chi connectivity index (χ0) is 21.2. The Bertz CT molecular complexity index is 658. The summed E-state index contributed by atoms with van der Waals surface area (Å²) >= 11 is 0. The SMILES string of the molecule is CC=C1CC[C@H]2[C@@H]3CCC4CC(O[Si](C)(C)C(C)(C)C)CC[C@]4(C)[C@H]3CC[C@]12C. The standard InChI is InChI=1S/C27H48OSi/c1-9-19-11-13-23-22-12-10-20-18-21(28-29(7,8)25(2,3)4)14-16-27(20,6)24(22)15-17-26(19,23)5/h9,20-24H,10-18H2,1-8H3/t20?,21?,22-,23-,24-,26+,27-/m0/s1. The number of allylic oxidation sites excluding steroid dienone is 2. The lowest BCUT2D eigenvalue weighted by Gasteiger charge is -2.61. The quantitative estimate of drug-likeness (QED) is 0.324. The average Bonchev–Trinajstić information content (AvgIpc) is 2.97. The van der Waals surface area contributed by atoms with Crippen molar-refractivity contribution >= 4 is 8.32 Å². The molecule has 0 aromatic heterocycles. The second kappa shape index (κ2) is 7.22. The first kappa shape index (κ1) is 22.1. The van der Waals surface area contributed by atoms with E-state index < -0.39 is 8.32 Å². The fraction of sp³-hybridized carbons (Fsp3) is 0.926. The molecule has 4 aliphatic carbocycles. The van der Waals surface area contributed by atoms with E-state index in [4.69, 9.17) is 4.43 Å². The highest BCUT2D eigenvalue weighted by Gasteiger charge is 2.59. The number of hydrogen-bond donors (Lipinski definition) is 0. The van der Waals surface area contributed by atoms with Crippen molar-refractivity contribution in [2.24, 2.45) is 34.5 Å². The maximum Gasteiger partial charge on any atom is 0.192 e. The Hall–Kier alpha value is -0.0831. The van der Waals surface area contributed by atoms with E-state index in [1.807, 2.05) is 0 Å². The third-order valence-electron chi connectivity index (χ3n) is 11.1. The molecule has 4 rings (SSSR count). The fourth-order valence-corrected chi connectivity index (χ4v) is 9.64. The van der Waals surface area contributed by atoms with Gasteiger partial charge in [-0.2, -0.15) is 0 Å². The zero-order valence-corrected chi connectivity index (χ0v) is 21.7. The summed E-state index contributed by atoms with van der Waals surface area (Å²) in [6.07, 6.45) is 15.8. The molecule has 0 spiro atoms.